The zero-order chi connectivity index (χ0) is 16.9. The molecule has 7 heteroatoms. The number of aromatic nitrogens is 1. The standard InChI is InChI=1S/C17H30N4S2.HI/c1-6-18-15(20-12-17(5)8-7-9-23-17)19-10-13-11-22-14(21-13)16(2,3)4;/h11H,6-10,12H2,1-5H3,(H2,18,19,20);1H. The van der Waals surface area contributed by atoms with Crippen LogP contribution in [-0.2, 0) is 12.0 Å². The largest absolute Gasteiger partial charge is 0.357 e. The fourth-order valence-corrected chi connectivity index (χ4v) is 4.62. The summed E-state index contributed by atoms with van der Waals surface area (Å²) in [4.78, 5) is 9.42. The molecule has 138 valence electrons. The van der Waals surface area contributed by atoms with Gasteiger partial charge >= 0.3 is 0 Å². The molecule has 4 nitrogen and oxygen atoms in total. The van der Waals surface area contributed by atoms with Gasteiger partial charge in [0.15, 0.2) is 5.96 Å². The lowest BCUT2D eigenvalue weighted by Gasteiger charge is -2.24. The molecule has 1 saturated heterocycles. The quantitative estimate of drug-likeness (QED) is 0.371. The minimum atomic E-state index is 0. The minimum Gasteiger partial charge on any atom is -0.357 e. The number of nitrogens with zero attached hydrogens (tertiary/aromatic N) is 2. The van der Waals surface area contributed by atoms with Gasteiger partial charge in [0.25, 0.3) is 0 Å². The highest BCUT2D eigenvalue weighted by atomic mass is 127. The van der Waals surface area contributed by atoms with Gasteiger partial charge < -0.3 is 10.6 Å². The summed E-state index contributed by atoms with van der Waals surface area (Å²) in [6, 6.07) is 0. The Kier molecular flexibility index (Phi) is 8.82. The lowest BCUT2D eigenvalue weighted by Crippen LogP contribution is -2.43. The van der Waals surface area contributed by atoms with Crippen LogP contribution in [0, 0.1) is 0 Å². The molecule has 0 aliphatic carbocycles. The van der Waals surface area contributed by atoms with Crippen molar-refractivity contribution in [3.63, 3.8) is 0 Å². The van der Waals surface area contributed by atoms with Crippen molar-refractivity contribution >= 4 is 53.0 Å². The van der Waals surface area contributed by atoms with Gasteiger partial charge in [-0.1, -0.05) is 20.8 Å². The van der Waals surface area contributed by atoms with Gasteiger partial charge in [0.05, 0.1) is 17.2 Å². The van der Waals surface area contributed by atoms with Crippen LogP contribution in [0.2, 0.25) is 0 Å². The molecular weight excluding hydrogens is 451 g/mol. The van der Waals surface area contributed by atoms with Crippen molar-refractivity contribution in [2.75, 3.05) is 18.8 Å². The van der Waals surface area contributed by atoms with E-state index in [4.69, 9.17) is 9.98 Å². The third-order valence-electron chi connectivity index (χ3n) is 3.87. The monoisotopic (exact) mass is 482 g/mol. The second kappa shape index (κ2) is 9.62. The van der Waals surface area contributed by atoms with Gasteiger partial charge in [-0.15, -0.1) is 35.3 Å². The number of hydrogen-bond donors (Lipinski definition) is 2. The smallest absolute Gasteiger partial charge is 0.191 e. The highest BCUT2D eigenvalue weighted by Crippen LogP contribution is 2.36. The minimum absolute atomic E-state index is 0. The summed E-state index contributed by atoms with van der Waals surface area (Å²) in [6.07, 6.45) is 2.61. The van der Waals surface area contributed by atoms with Crippen LogP contribution in [0.5, 0.6) is 0 Å². The van der Waals surface area contributed by atoms with E-state index in [0.29, 0.717) is 11.3 Å². The SMILES string of the molecule is CCNC(=NCc1csc(C(C)(C)C)n1)NCC1(C)CCCS1.I. The fourth-order valence-electron chi connectivity index (χ4n) is 2.47. The first-order valence-electron chi connectivity index (χ1n) is 8.43. The summed E-state index contributed by atoms with van der Waals surface area (Å²) < 4.78 is 0.343. The second-order valence-electron chi connectivity index (χ2n) is 7.34. The molecule has 2 rings (SSSR count). The van der Waals surface area contributed by atoms with Crippen molar-refractivity contribution in [1.82, 2.24) is 15.6 Å². The summed E-state index contributed by atoms with van der Waals surface area (Å²) in [5, 5.41) is 10.1. The Morgan fingerprint density at radius 3 is 2.67 bits per heavy atom. The third-order valence-corrected chi connectivity index (χ3v) is 6.72. The zero-order valence-electron chi connectivity index (χ0n) is 15.4. The summed E-state index contributed by atoms with van der Waals surface area (Å²) in [6.45, 7) is 13.5. The average molecular weight is 483 g/mol. The maximum Gasteiger partial charge on any atom is 0.191 e. The van der Waals surface area contributed by atoms with Crippen molar-refractivity contribution in [2.45, 2.75) is 64.2 Å². The number of hydrogen-bond acceptors (Lipinski definition) is 4. The molecule has 0 amide bonds. The maximum atomic E-state index is 4.72. The van der Waals surface area contributed by atoms with Gasteiger partial charge in [-0.2, -0.15) is 11.8 Å². The molecule has 0 saturated carbocycles. The Hall–Kier alpha value is -0.0200. The van der Waals surface area contributed by atoms with Crippen LogP contribution in [0.25, 0.3) is 0 Å². The molecule has 1 atom stereocenters. The normalized spacial score (nSPS) is 21.5. The Morgan fingerprint density at radius 2 is 2.12 bits per heavy atom. The molecule has 0 bridgehead atoms. The van der Waals surface area contributed by atoms with E-state index in [-0.39, 0.29) is 29.4 Å². The molecule has 0 aromatic carbocycles. The summed E-state index contributed by atoms with van der Waals surface area (Å²) >= 11 is 3.80. The van der Waals surface area contributed by atoms with E-state index in [1.165, 1.54) is 23.6 Å². The van der Waals surface area contributed by atoms with E-state index in [1.807, 2.05) is 0 Å². The number of aliphatic imine (C=N–C) groups is 1. The predicted molar refractivity (Wildman–Crippen MR) is 119 cm³/mol. The van der Waals surface area contributed by atoms with Crippen LogP contribution in [-0.4, -0.2) is 34.5 Å². The first-order valence-corrected chi connectivity index (χ1v) is 10.3. The van der Waals surface area contributed by atoms with Gasteiger partial charge in [0, 0.05) is 28.6 Å². The number of rotatable bonds is 5. The zero-order valence-corrected chi connectivity index (χ0v) is 19.4. The Balaban J connectivity index is 0.00000288. The molecule has 1 aromatic heterocycles. The van der Waals surface area contributed by atoms with Crippen molar-refractivity contribution < 1.29 is 0 Å². The van der Waals surface area contributed by atoms with Gasteiger partial charge in [0.1, 0.15) is 0 Å². The van der Waals surface area contributed by atoms with Crippen molar-refractivity contribution in [3.05, 3.63) is 16.1 Å². The van der Waals surface area contributed by atoms with E-state index in [2.05, 4.69) is 62.4 Å². The second-order valence-corrected chi connectivity index (χ2v) is 9.89. The molecule has 1 fully saturated rings. The molecule has 1 unspecified atom stereocenters. The van der Waals surface area contributed by atoms with Crippen LogP contribution in [0.4, 0.5) is 0 Å². The van der Waals surface area contributed by atoms with Crippen LogP contribution in [0.1, 0.15) is 58.2 Å². The third kappa shape index (κ3) is 6.71. The molecule has 2 N–H and O–H groups in total. The molecule has 1 aliphatic heterocycles. The Morgan fingerprint density at radius 1 is 1.38 bits per heavy atom. The summed E-state index contributed by atoms with van der Waals surface area (Å²) in [5.41, 5.74) is 1.17. The van der Waals surface area contributed by atoms with Crippen molar-refractivity contribution in [1.29, 1.82) is 0 Å². The highest BCUT2D eigenvalue weighted by molar-refractivity contribution is 14.0. The molecule has 2 heterocycles. The summed E-state index contributed by atoms with van der Waals surface area (Å²) in [5.74, 6) is 2.17. The predicted octanol–water partition coefficient (Wildman–Crippen LogP) is 4.40. The van der Waals surface area contributed by atoms with Crippen LogP contribution >= 0.6 is 47.1 Å². The topological polar surface area (TPSA) is 49.3 Å². The number of nitrogens with one attached hydrogen (secondary N) is 2. The van der Waals surface area contributed by atoms with Gasteiger partial charge in [-0.3, -0.25) is 0 Å². The van der Waals surface area contributed by atoms with Gasteiger partial charge in [-0.25, -0.2) is 9.98 Å². The average Bonchev–Trinajstić information content (AvgIpc) is 3.11. The first kappa shape index (κ1) is 22.0. The maximum absolute atomic E-state index is 4.72. The van der Waals surface area contributed by atoms with Crippen molar-refractivity contribution in [3.8, 4) is 0 Å². The number of thioether (sulfide) groups is 1. The van der Waals surface area contributed by atoms with E-state index in [0.717, 1.165) is 24.7 Å². The van der Waals surface area contributed by atoms with Crippen molar-refractivity contribution in [2.24, 2.45) is 4.99 Å². The van der Waals surface area contributed by atoms with E-state index < -0.39 is 0 Å². The number of guanidine groups is 1. The summed E-state index contributed by atoms with van der Waals surface area (Å²) in [7, 11) is 0. The van der Waals surface area contributed by atoms with E-state index in [1.54, 1.807) is 11.3 Å². The lowest BCUT2D eigenvalue weighted by atomic mass is 9.98. The molecule has 1 aromatic rings. The molecule has 0 spiro atoms. The number of thiazole rings is 1. The highest BCUT2D eigenvalue weighted by Gasteiger charge is 2.29. The van der Waals surface area contributed by atoms with Gasteiger partial charge in [-0.05, 0) is 32.4 Å². The first-order chi connectivity index (χ1) is 10.8. The lowest BCUT2D eigenvalue weighted by molar-refractivity contribution is 0.581. The van der Waals surface area contributed by atoms with Crippen LogP contribution < -0.4 is 10.6 Å². The molecular formula is C17H31IN4S2. The Bertz CT molecular complexity index is 531. The van der Waals surface area contributed by atoms with Gasteiger partial charge in [0.2, 0.25) is 0 Å². The molecule has 1 aliphatic rings. The van der Waals surface area contributed by atoms with E-state index >= 15 is 0 Å². The molecule has 24 heavy (non-hydrogen) atoms. The molecule has 0 radical (unpaired) electrons. The Labute approximate surface area is 172 Å². The number of halogens is 1. The van der Waals surface area contributed by atoms with Crippen LogP contribution in [0.3, 0.4) is 0 Å². The fraction of sp³-hybridized carbons (Fsp3) is 0.765. The van der Waals surface area contributed by atoms with Crippen LogP contribution in [0.15, 0.2) is 10.4 Å². The van der Waals surface area contributed by atoms with E-state index in [9.17, 15) is 0 Å².